The number of hydrogen-bond donors (Lipinski definition) is 0. The summed E-state index contributed by atoms with van der Waals surface area (Å²) in [4.78, 5) is 9.91. The van der Waals surface area contributed by atoms with Gasteiger partial charge in [-0.1, -0.05) is 0 Å². The first-order valence-electron chi connectivity index (χ1n) is 2.20. The van der Waals surface area contributed by atoms with E-state index in [0.717, 1.165) is 6.92 Å². The lowest BCUT2D eigenvalue weighted by molar-refractivity contribution is -0.107. The Labute approximate surface area is 56.3 Å². The molecule has 0 unspecified atom stereocenters. The van der Waals surface area contributed by atoms with Crippen molar-refractivity contribution in [2.24, 2.45) is 0 Å². The molecule has 0 aromatic carbocycles. The molecule has 0 saturated carbocycles. The van der Waals surface area contributed by atoms with E-state index in [4.69, 9.17) is 11.6 Å². The van der Waals surface area contributed by atoms with E-state index < -0.39 is 11.7 Å². The van der Waals surface area contributed by atoms with Crippen LogP contribution in [0.25, 0.3) is 0 Å². The van der Waals surface area contributed by atoms with Crippen LogP contribution < -0.4 is 0 Å². The average Bonchev–Trinajstić information content (AvgIpc) is 1.63. The quantitative estimate of drug-likeness (QED) is 0.439. The van der Waals surface area contributed by atoms with Gasteiger partial charge in [0.15, 0.2) is 0 Å². The Morgan fingerprint density at radius 2 is 2.11 bits per heavy atom. The molecule has 52 valence electrons. The molecule has 0 aliphatic carbocycles. The summed E-state index contributed by atoms with van der Waals surface area (Å²) in [5, 5.41) is -0.868. The van der Waals surface area contributed by atoms with E-state index in [9.17, 15) is 13.6 Å². The molecule has 0 bridgehead atoms. The number of carbonyl (C=O) groups is 1. The summed E-state index contributed by atoms with van der Waals surface area (Å²) in [6.07, 6.45) is -1.89. The maximum Gasteiger partial charge on any atom is 0.260 e. The SMILES string of the molecule is C/C(=C/C(=O)Cl)C(F)F. The number of allylic oxidation sites excluding steroid dienone is 2. The number of halogens is 3. The van der Waals surface area contributed by atoms with E-state index in [2.05, 4.69) is 0 Å². The maximum atomic E-state index is 11.5. The van der Waals surface area contributed by atoms with Gasteiger partial charge in [0.25, 0.3) is 6.43 Å². The van der Waals surface area contributed by atoms with Crippen LogP contribution >= 0.6 is 11.6 Å². The molecular formula is C5H5ClF2O. The van der Waals surface area contributed by atoms with Crippen LogP contribution in [0.4, 0.5) is 8.78 Å². The topological polar surface area (TPSA) is 17.1 Å². The largest absolute Gasteiger partial charge is 0.276 e. The van der Waals surface area contributed by atoms with E-state index in [-0.39, 0.29) is 5.57 Å². The van der Waals surface area contributed by atoms with E-state index >= 15 is 0 Å². The van der Waals surface area contributed by atoms with Crippen LogP contribution in [-0.4, -0.2) is 11.7 Å². The molecule has 0 aliphatic rings. The Morgan fingerprint density at radius 3 is 2.22 bits per heavy atom. The van der Waals surface area contributed by atoms with Crippen LogP contribution in [0.3, 0.4) is 0 Å². The lowest BCUT2D eigenvalue weighted by atomic mass is 10.3. The van der Waals surface area contributed by atoms with Gasteiger partial charge in [0, 0.05) is 6.08 Å². The predicted molar refractivity (Wildman–Crippen MR) is 30.6 cm³/mol. The van der Waals surface area contributed by atoms with Crippen molar-refractivity contribution in [2.75, 3.05) is 0 Å². The van der Waals surface area contributed by atoms with Crippen molar-refractivity contribution in [1.29, 1.82) is 0 Å². The Bertz CT molecular complexity index is 142. The van der Waals surface area contributed by atoms with Gasteiger partial charge in [-0.3, -0.25) is 4.79 Å². The van der Waals surface area contributed by atoms with Crippen molar-refractivity contribution in [3.63, 3.8) is 0 Å². The highest BCUT2D eigenvalue weighted by Gasteiger charge is 2.05. The molecule has 0 N–H and O–H groups in total. The molecule has 1 nitrogen and oxygen atoms in total. The van der Waals surface area contributed by atoms with Crippen LogP contribution in [0.15, 0.2) is 11.6 Å². The predicted octanol–water partition coefficient (Wildman–Crippen LogP) is 1.96. The van der Waals surface area contributed by atoms with E-state index in [0.29, 0.717) is 6.08 Å². The highest BCUT2D eigenvalue weighted by molar-refractivity contribution is 6.66. The summed E-state index contributed by atoms with van der Waals surface area (Å²) >= 11 is 4.77. The maximum absolute atomic E-state index is 11.5. The van der Waals surface area contributed by atoms with Crippen molar-refractivity contribution in [3.05, 3.63) is 11.6 Å². The molecule has 0 atom stereocenters. The third-order valence-electron chi connectivity index (χ3n) is 0.685. The summed E-state index contributed by atoms with van der Waals surface area (Å²) in [5.74, 6) is 0. The third kappa shape index (κ3) is 4.09. The van der Waals surface area contributed by atoms with E-state index in [1.807, 2.05) is 0 Å². The molecule has 9 heavy (non-hydrogen) atoms. The molecule has 0 aromatic rings. The molecule has 0 fully saturated rings. The Balaban J connectivity index is 4.00. The summed E-state index contributed by atoms with van der Waals surface area (Å²) in [5.41, 5.74) is -0.310. The highest BCUT2D eigenvalue weighted by atomic mass is 35.5. The third-order valence-corrected chi connectivity index (χ3v) is 0.794. The van der Waals surface area contributed by atoms with Crippen molar-refractivity contribution in [3.8, 4) is 0 Å². The van der Waals surface area contributed by atoms with Gasteiger partial charge in [0.05, 0.1) is 0 Å². The molecule has 0 heterocycles. The first-order chi connectivity index (χ1) is 4.04. The summed E-state index contributed by atoms with van der Waals surface area (Å²) < 4.78 is 23.0. The molecule has 0 aliphatic heterocycles. The summed E-state index contributed by atoms with van der Waals surface area (Å²) in [6, 6.07) is 0. The van der Waals surface area contributed by atoms with Crippen molar-refractivity contribution in [1.82, 2.24) is 0 Å². The van der Waals surface area contributed by atoms with Gasteiger partial charge in [-0.15, -0.1) is 0 Å². The second-order valence-corrected chi connectivity index (χ2v) is 1.87. The van der Waals surface area contributed by atoms with Gasteiger partial charge in [0.1, 0.15) is 0 Å². The smallest absolute Gasteiger partial charge is 0.260 e. The zero-order valence-corrected chi connectivity index (χ0v) is 5.45. The Kier molecular flexibility index (Phi) is 3.39. The molecule has 0 radical (unpaired) electrons. The summed E-state index contributed by atoms with van der Waals surface area (Å²) in [7, 11) is 0. The molecule has 0 rings (SSSR count). The number of hydrogen-bond acceptors (Lipinski definition) is 1. The lowest BCUT2D eigenvalue weighted by Crippen LogP contribution is -1.93. The van der Waals surface area contributed by atoms with E-state index in [1.54, 1.807) is 0 Å². The zero-order chi connectivity index (χ0) is 7.44. The van der Waals surface area contributed by atoms with Crippen molar-refractivity contribution >= 4 is 16.8 Å². The van der Waals surface area contributed by atoms with E-state index in [1.165, 1.54) is 0 Å². The van der Waals surface area contributed by atoms with Crippen LogP contribution in [0.5, 0.6) is 0 Å². The van der Waals surface area contributed by atoms with Gasteiger partial charge in [-0.2, -0.15) is 0 Å². The van der Waals surface area contributed by atoms with Gasteiger partial charge < -0.3 is 0 Å². The van der Waals surface area contributed by atoms with Crippen LogP contribution in [0.2, 0.25) is 0 Å². The molecular weight excluding hydrogens is 150 g/mol. The molecule has 4 heteroatoms. The highest BCUT2D eigenvalue weighted by Crippen LogP contribution is 2.06. The first kappa shape index (κ1) is 8.56. The number of rotatable bonds is 2. The lowest BCUT2D eigenvalue weighted by Gasteiger charge is -1.93. The normalized spacial score (nSPS) is 12.3. The minimum atomic E-state index is -2.59. The van der Waals surface area contributed by atoms with Crippen LogP contribution in [0, 0.1) is 0 Å². The Morgan fingerprint density at radius 1 is 1.67 bits per heavy atom. The minimum absolute atomic E-state index is 0.310. The minimum Gasteiger partial charge on any atom is -0.276 e. The van der Waals surface area contributed by atoms with Gasteiger partial charge in [0.2, 0.25) is 5.24 Å². The molecule has 0 amide bonds. The standard InChI is InChI=1S/C5H5ClF2O/c1-3(5(7)8)2-4(6)9/h2,5H,1H3/b3-2-. The molecule has 0 saturated heterocycles. The monoisotopic (exact) mass is 154 g/mol. The van der Waals surface area contributed by atoms with Crippen LogP contribution in [0.1, 0.15) is 6.92 Å². The molecule has 0 spiro atoms. The van der Waals surface area contributed by atoms with Gasteiger partial charge in [-0.05, 0) is 24.1 Å². The average molecular weight is 155 g/mol. The fourth-order valence-electron chi connectivity index (χ4n) is 0.242. The van der Waals surface area contributed by atoms with Crippen LogP contribution in [-0.2, 0) is 4.79 Å². The zero-order valence-electron chi connectivity index (χ0n) is 4.70. The van der Waals surface area contributed by atoms with Crippen molar-refractivity contribution < 1.29 is 13.6 Å². The fraction of sp³-hybridized carbons (Fsp3) is 0.400. The Hall–Kier alpha value is -0.440. The van der Waals surface area contributed by atoms with Gasteiger partial charge >= 0.3 is 0 Å². The first-order valence-corrected chi connectivity index (χ1v) is 2.57. The fourth-order valence-corrected chi connectivity index (χ4v) is 0.414. The second kappa shape index (κ2) is 3.56. The second-order valence-electron chi connectivity index (χ2n) is 1.49. The summed E-state index contributed by atoms with van der Waals surface area (Å²) in [6.45, 7) is 1.14. The number of carbonyl (C=O) groups excluding carboxylic acids is 1. The molecule has 0 aromatic heterocycles. The van der Waals surface area contributed by atoms with Gasteiger partial charge in [-0.25, -0.2) is 8.78 Å². The number of alkyl halides is 2. The van der Waals surface area contributed by atoms with Crippen molar-refractivity contribution in [2.45, 2.75) is 13.3 Å².